The second-order valence-electron chi connectivity index (χ2n) is 9.50. The maximum absolute atomic E-state index is 13.6. The lowest BCUT2D eigenvalue weighted by Gasteiger charge is -2.26. The summed E-state index contributed by atoms with van der Waals surface area (Å²) in [5.74, 6) is -1.06. The molecule has 1 amide bonds. The Kier molecular flexibility index (Phi) is 6.53. The number of nitrogens with one attached hydrogen (secondary N) is 1. The Balaban J connectivity index is 1.51. The lowest BCUT2D eigenvalue weighted by atomic mass is 9.95. The number of amides is 1. The van der Waals surface area contributed by atoms with Gasteiger partial charge in [0.05, 0.1) is 28.4 Å². The molecular weight excluding hydrogens is 474 g/mol. The summed E-state index contributed by atoms with van der Waals surface area (Å²) in [6, 6.07) is 21.6. The van der Waals surface area contributed by atoms with Gasteiger partial charge in [-0.15, -0.1) is 0 Å². The first-order valence-corrected chi connectivity index (χ1v) is 13.9. The molecule has 7 nitrogen and oxygen atoms in total. The first kappa shape index (κ1) is 24.1. The molecule has 36 heavy (non-hydrogen) atoms. The average Bonchev–Trinajstić information content (AvgIpc) is 3.17. The molecule has 186 valence electrons. The van der Waals surface area contributed by atoms with Crippen molar-refractivity contribution in [3.05, 3.63) is 99.8 Å². The molecule has 0 unspecified atom stereocenters. The van der Waals surface area contributed by atoms with E-state index in [0.717, 1.165) is 42.5 Å². The predicted molar refractivity (Wildman–Crippen MR) is 141 cm³/mol. The first-order valence-electron chi connectivity index (χ1n) is 12.3. The number of hydrogen-bond donors (Lipinski definition) is 1. The van der Waals surface area contributed by atoms with Gasteiger partial charge in [-0.1, -0.05) is 67.3 Å². The Morgan fingerprint density at radius 3 is 2.33 bits per heavy atom. The fourth-order valence-corrected chi connectivity index (χ4v) is 6.11. The molecule has 1 heterocycles. The highest BCUT2D eigenvalue weighted by Gasteiger charge is 2.25. The summed E-state index contributed by atoms with van der Waals surface area (Å²) in [5.41, 5.74) is 3.03. The minimum atomic E-state index is -3.91. The number of carbonyl (C=O) groups excluding carboxylic acids is 1. The number of para-hydroxylation sites is 1. The highest BCUT2D eigenvalue weighted by atomic mass is 32.2. The average molecular weight is 504 g/mol. The third kappa shape index (κ3) is 4.86. The van der Waals surface area contributed by atoms with Gasteiger partial charge >= 0.3 is 0 Å². The Labute approximate surface area is 210 Å². The van der Waals surface area contributed by atoms with Crippen LogP contribution in [0.1, 0.15) is 59.6 Å². The summed E-state index contributed by atoms with van der Waals surface area (Å²) in [4.78, 5) is 26.5. The van der Waals surface area contributed by atoms with E-state index in [-0.39, 0.29) is 22.9 Å². The summed E-state index contributed by atoms with van der Waals surface area (Å²) in [7, 11) is -3.91. The third-order valence-corrected chi connectivity index (χ3v) is 8.00. The summed E-state index contributed by atoms with van der Waals surface area (Å²) in [6.45, 7) is 1.92. The van der Waals surface area contributed by atoms with Crippen LogP contribution >= 0.6 is 0 Å². The van der Waals surface area contributed by atoms with Gasteiger partial charge < -0.3 is 0 Å². The molecule has 4 aromatic rings. The molecule has 0 bridgehead atoms. The van der Waals surface area contributed by atoms with E-state index >= 15 is 0 Å². The van der Waals surface area contributed by atoms with Crippen LogP contribution in [0, 0.1) is 6.92 Å². The number of carbonyl (C=O) groups is 1. The number of aryl methyl sites for hydroxylation is 1. The van der Waals surface area contributed by atoms with E-state index < -0.39 is 15.9 Å². The monoisotopic (exact) mass is 503 g/mol. The van der Waals surface area contributed by atoms with Crippen molar-refractivity contribution in [3.63, 3.8) is 0 Å². The fraction of sp³-hybridized carbons (Fsp3) is 0.286. The van der Waals surface area contributed by atoms with Crippen LogP contribution in [-0.4, -0.2) is 23.7 Å². The quantitative estimate of drug-likeness (QED) is 0.407. The standard InChI is InChI=1S/C28H29N3O4S/c1-20-12-14-21(15-13-20)19-36(34,35)29-27(32)22-16-17-26-25(18-22)28(33)31(24-10-6-3-7-11-24)30(26)23-8-4-2-5-9-23/h3,6-7,10-18,23H,2,4-5,8-9,19H2,1H3,(H,29,32). The van der Waals surface area contributed by atoms with Crippen LogP contribution in [0.2, 0.25) is 0 Å². The maximum atomic E-state index is 13.6. The van der Waals surface area contributed by atoms with Crippen molar-refractivity contribution in [3.8, 4) is 5.69 Å². The second kappa shape index (κ2) is 9.78. The van der Waals surface area contributed by atoms with Gasteiger partial charge in [-0.2, -0.15) is 0 Å². The normalized spacial score (nSPS) is 14.7. The van der Waals surface area contributed by atoms with Crippen molar-refractivity contribution in [2.75, 3.05) is 0 Å². The zero-order valence-corrected chi connectivity index (χ0v) is 21.0. The highest BCUT2D eigenvalue weighted by molar-refractivity contribution is 7.89. The van der Waals surface area contributed by atoms with E-state index in [1.54, 1.807) is 28.9 Å². The van der Waals surface area contributed by atoms with E-state index in [1.807, 2.05) is 49.4 Å². The van der Waals surface area contributed by atoms with Crippen LogP contribution in [0.25, 0.3) is 16.6 Å². The molecule has 1 aromatic heterocycles. The van der Waals surface area contributed by atoms with Crippen LogP contribution < -0.4 is 10.3 Å². The zero-order valence-electron chi connectivity index (χ0n) is 20.2. The van der Waals surface area contributed by atoms with E-state index in [4.69, 9.17) is 0 Å². The second-order valence-corrected chi connectivity index (χ2v) is 11.2. The molecule has 0 atom stereocenters. The van der Waals surface area contributed by atoms with E-state index in [2.05, 4.69) is 9.40 Å². The van der Waals surface area contributed by atoms with Crippen LogP contribution in [-0.2, 0) is 15.8 Å². The fourth-order valence-electron chi connectivity index (χ4n) is 5.00. The van der Waals surface area contributed by atoms with Gasteiger partial charge in [0.15, 0.2) is 0 Å². The van der Waals surface area contributed by atoms with E-state index in [9.17, 15) is 18.0 Å². The topological polar surface area (TPSA) is 90.2 Å². The number of aromatic nitrogens is 2. The number of rotatable bonds is 6. The molecule has 0 spiro atoms. The van der Waals surface area contributed by atoms with Gasteiger partial charge in [0.2, 0.25) is 10.0 Å². The zero-order chi connectivity index (χ0) is 25.3. The van der Waals surface area contributed by atoms with Gasteiger partial charge in [-0.25, -0.2) is 17.8 Å². The number of sulfonamides is 1. The maximum Gasteiger partial charge on any atom is 0.279 e. The largest absolute Gasteiger partial charge is 0.279 e. The van der Waals surface area contributed by atoms with E-state index in [0.29, 0.717) is 10.9 Å². The Hall–Kier alpha value is -3.65. The molecule has 0 aliphatic heterocycles. The van der Waals surface area contributed by atoms with Crippen molar-refractivity contribution in [2.24, 2.45) is 0 Å². The van der Waals surface area contributed by atoms with Crippen molar-refractivity contribution in [1.82, 2.24) is 14.1 Å². The number of hydrogen-bond acceptors (Lipinski definition) is 4. The van der Waals surface area contributed by atoms with Crippen LogP contribution in [0.3, 0.4) is 0 Å². The number of nitrogens with zero attached hydrogens (tertiary/aromatic N) is 2. The molecule has 0 radical (unpaired) electrons. The molecule has 1 fully saturated rings. The Morgan fingerprint density at radius 1 is 0.944 bits per heavy atom. The molecule has 0 saturated heterocycles. The highest BCUT2D eigenvalue weighted by Crippen LogP contribution is 2.31. The third-order valence-electron chi connectivity index (χ3n) is 6.79. The predicted octanol–water partition coefficient (Wildman–Crippen LogP) is 4.87. The Morgan fingerprint density at radius 2 is 1.64 bits per heavy atom. The van der Waals surface area contributed by atoms with Crippen molar-refractivity contribution in [1.29, 1.82) is 0 Å². The molecule has 1 aliphatic rings. The van der Waals surface area contributed by atoms with Gasteiger partial charge in [0.1, 0.15) is 0 Å². The minimum Gasteiger partial charge on any atom is -0.274 e. The summed E-state index contributed by atoms with van der Waals surface area (Å²) < 4.78 is 31.2. The minimum absolute atomic E-state index is 0.132. The summed E-state index contributed by atoms with van der Waals surface area (Å²) in [5, 5.41) is 0.396. The SMILES string of the molecule is Cc1ccc(CS(=O)(=O)NC(=O)c2ccc3c(c2)c(=O)n(-c2ccccc2)n3C2CCCCC2)cc1. The molecule has 1 saturated carbocycles. The van der Waals surface area contributed by atoms with Gasteiger partial charge in [0.25, 0.3) is 11.5 Å². The first-order chi connectivity index (χ1) is 17.3. The molecule has 3 aromatic carbocycles. The Bertz CT molecular complexity index is 1560. The summed E-state index contributed by atoms with van der Waals surface area (Å²) in [6.07, 6.45) is 5.36. The molecular formula is C28H29N3O4S. The summed E-state index contributed by atoms with van der Waals surface area (Å²) >= 11 is 0. The lowest BCUT2D eigenvalue weighted by molar-refractivity contribution is 0.0981. The van der Waals surface area contributed by atoms with Crippen molar-refractivity contribution in [2.45, 2.75) is 50.8 Å². The van der Waals surface area contributed by atoms with Gasteiger partial charge in [-0.3, -0.25) is 14.3 Å². The van der Waals surface area contributed by atoms with Crippen LogP contribution in [0.15, 0.2) is 77.6 Å². The molecule has 1 N–H and O–H groups in total. The lowest BCUT2D eigenvalue weighted by Crippen LogP contribution is -2.31. The number of benzene rings is 3. The van der Waals surface area contributed by atoms with Gasteiger partial charge in [-0.05, 0) is 55.7 Å². The molecule has 5 rings (SSSR count). The van der Waals surface area contributed by atoms with Crippen molar-refractivity contribution >= 4 is 26.8 Å². The smallest absolute Gasteiger partial charge is 0.274 e. The number of fused-ring (bicyclic) bond motifs is 1. The van der Waals surface area contributed by atoms with Crippen LogP contribution in [0.5, 0.6) is 0 Å². The van der Waals surface area contributed by atoms with Crippen molar-refractivity contribution < 1.29 is 13.2 Å². The van der Waals surface area contributed by atoms with E-state index in [1.165, 1.54) is 12.5 Å². The van der Waals surface area contributed by atoms with Gasteiger partial charge in [0, 0.05) is 5.56 Å². The molecule has 1 aliphatic carbocycles. The molecule has 8 heteroatoms. The van der Waals surface area contributed by atoms with Crippen LogP contribution in [0.4, 0.5) is 0 Å².